The molecule has 2 aliphatic rings. The van der Waals surface area contributed by atoms with Crippen LogP contribution in [0.5, 0.6) is 11.6 Å². The molecule has 0 spiro atoms. The summed E-state index contributed by atoms with van der Waals surface area (Å²) in [6.45, 7) is 4.08. The molecule has 0 bridgehead atoms. The number of hydrogen-bond acceptors (Lipinski definition) is 4. The minimum Gasteiger partial charge on any atom is -0.437 e. The second-order valence-corrected chi connectivity index (χ2v) is 8.22. The number of aryl methyl sites for hydroxylation is 1. The van der Waals surface area contributed by atoms with Crippen LogP contribution in [0.1, 0.15) is 63.5 Å². The highest BCUT2D eigenvalue weighted by Gasteiger charge is 2.50. The van der Waals surface area contributed by atoms with Gasteiger partial charge in [0.1, 0.15) is 11.4 Å². The van der Waals surface area contributed by atoms with Crippen LogP contribution in [0.3, 0.4) is 0 Å². The van der Waals surface area contributed by atoms with Crippen molar-refractivity contribution >= 4 is 0 Å². The quantitative estimate of drug-likeness (QED) is 0.778. The Morgan fingerprint density at radius 1 is 1.29 bits per heavy atom. The molecule has 1 N–H and O–H groups in total. The van der Waals surface area contributed by atoms with Gasteiger partial charge in [0.15, 0.2) is 0 Å². The lowest BCUT2D eigenvalue weighted by atomic mass is 9.53. The van der Waals surface area contributed by atoms with Crippen molar-refractivity contribution in [2.75, 3.05) is 0 Å². The van der Waals surface area contributed by atoms with Gasteiger partial charge in [0.2, 0.25) is 5.88 Å². The molecule has 1 saturated carbocycles. The SMILES string of the molecule is CC#C[C@@]1(O)CC[C@@]2(CCC)c3ccc(Oc4cnccn4)cc3CC[C@@H]2C1. The van der Waals surface area contributed by atoms with Crippen molar-refractivity contribution < 1.29 is 9.84 Å². The van der Waals surface area contributed by atoms with Crippen molar-refractivity contribution in [1.82, 2.24) is 9.97 Å². The van der Waals surface area contributed by atoms with Gasteiger partial charge in [-0.1, -0.05) is 25.3 Å². The van der Waals surface area contributed by atoms with Gasteiger partial charge >= 0.3 is 0 Å². The van der Waals surface area contributed by atoms with E-state index in [0.29, 0.717) is 11.8 Å². The second kappa shape index (κ2) is 7.56. The van der Waals surface area contributed by atoms with E-state index in [9.17, 15) is 5.11 Å². The summed E-state index contributed by atoms with van der Waals surface area (Å²) in [6.07, 6.45) is 11.8. The maximum Gasteiger partial charge on any atom is 0.237 e. The first-order valence-corrected chi connectivity index (χ1v) is 10.3. The van der Waals surface area contributed by atoms with E-state index >= 15 is 0 Å². The van der Waals surface area contributed by atoms with E-state index < -0.39 is 5.60 Å². The molecule has 3 atom stereocenters. The maximum atomic E-state index is 10.9. The summed E-state index contributed by atoms with van der Waals surface area (Å²) in [7, 11) is 0. The molecule has 0 radical (unpaired) electrons. The molecule has 1 aromatic carbocycles. The summed E-state index contributed by atoms with van der Waals surface area (Å²) in [6, 6.07) is 6.48. The molecular weight excluding hydrogens is 348 g/mol. The first-order chi connectivity index (χ1) is 13.6. The highest BCUT2D eigenvalue weighted by Crippen LogP contribution is 2.55. The van der Waals surface area contributed by atoms with Crippen LogP contribution in [-0.2, 0) is 11.8 Å². The standard InChI is InChI=1S/C24H28N2O2/c1-3-9-23(27)11-12-24(10-4-2)19(16-23)6-5-18-15-20(7-8-21(18)24)28-22-17-25-13-14-26-22/h7-8,13-15,17,19,27H,4-6,10-12,16H2,1-2H3/t19-,23-,24-/m1/s1. The minimum absolute atomic E-state index is 0.148. The van der Waals surface area contributed by atoms with E-state index in [-0.39, 0.29) is 5.41 Å². The third kappa shape index (κ3) is 3.40. The zero-order valence-corrected chi connectivity index (χ0v) is 16.7. The van der Waals surface area contributed by atoms with Gasteiger partial charge in [0, 0.05) is 12.4 Å². The highest BCUT2D eigenvalue weighted by atomic mass is 16.5. The largest absolute Gasteiger partial charge is 0.437 e. The number of aromatic nitrogens is 2. The third-order valence-corrected chi connectivity index (χ3v) is 6.54. The molecule has 0 saturated heterocycles. The number of hydrogen-bond donors (Lipinski definition) is 1. The summed E-state index contributed by atoms with van der Waals surface area (Å²) in [5.41, 5.74) is 2.15. The Bertz CT molecular complexity index is 902. The molecule has 2 aliphatic carbocycles. The van der Waals surface area contributed by atoms with Crippen molar-refractivity contribution in [2.24, 2.45) is 5.92 Å². The molecular formula is C24H28N2O2. The fraction of sp³-hybridized carbons (Fsp3) is 0.500. The third-order valence-electron chi connectivity index (χ3n) is 6.54. The first-order valence-electron chi connectivity index (χ1n) is 10.3. The highest BCUT2D eigenvalue weighted by molar-refractivity contribution is 5.44. The Labute approximate surface area is 167 Å². The van der Waals surface area contributed by atoms with Crippen LogP contribution in [0.25, 0.3) is 0 Å². The lowest BCUT2D eigenvalue weighted by Crippen LogP contribution is -2.49. The number of rotatable bonds is 4. The molecule has 1 fully saturated rings. The number of aliphatic hydroxyl groups is 1. The molecule has 0 aliphatic heterocycles. The molecule has 2 aromatic rings. The topological polar surface area (TPSA) is 55.2 Å². The monoisotopic (exact) mass is 376 g/mol. The molecule has 4 heteroatoms. The number of fused-ring (bicyclic) bond motifs is 3. The maximum absolute atomic E-state index is 10.9. The molecule has 1 heterocycles. The normalized spacial score (nSPS) is 28.5. The van der Waals surface area contributed by atoms with E-state index in [1.54, 1.807) is 18.6 Å². The van der Waals surface area contributed by atoms with Crippen LogP contribution in [0.15, 0.2) is 36.8 Å². The van der Waals surface area contributed by atoms with Gasteiger partial charge in [-0.3, -0.25) is 4.98 Å². The van der Waals surface area contributed by atoms with E-state index in [4.69, 9.17) is 4.74 Å². The Kier molecular flexibility index (Phi) is 5.12. The van der Waals surface area contributed by atoms with Crippen molar-refractivity contribution in [3.05, 3.63) is 47.9 Å². The minimum atomic E-state index is -0.816. The molecule has 1 aromatic heterocycles. The average molecular weight is 377 g/mol. The molecule has 4 nitrogen and oxygen atoms in total. The number of benzene rings is 1. The summed E-state index contributed by atoms with van der Waals surface area (Å²) in [5, 5.41) is 10.9. The first kappa shape index (κ1) is 19.0. The predicted molar refractivity (Wildman–Crippen MR) is 109 cm³/mol. The van der Waals surface area contributed by atoms with E-state index in [0.717, 1.165) is 50.7 Å². The van der Waals surface area contributed by atoms with E-state index in [2.05, 4.69) is 46.9 Å². The lowest BCUT2D eigenvalue weighted by Gasteiger charge is -2.52. The van der Waals surface area contributed by atoms with Crippen LogP contribution >= 0.6 is 0 Å². The number of nitrogens with zero attached hydrogens (tertiary/aromatic N) is 2. The Hall–Kier alpha value is -2.38. The van der Waals surface area contributed by atoms with Gasteiger partial charge in [-0.05, 0) is 80.0 Å². The number of ether oxygens (including phenoxy) is 1. The van der Waals surface area contributed by atoms with Gasteiger partial charge in [0.05, 0.1) is 6.20 Å². The molecule has 28 heavy (non-hydrogen) atoms. The summed E-state index contributed by atoms with van der Waals surface area (Å²) in [5.74, 6) is 7.83. The van der Waals surface area contributed by atoms with Crippen LogP contribution in [0, 0.1) is 17.8 Å². The average Bonchev–Trinajstić information content (AvgIpc) is 2.69. The fourth-order valence-electron chi connectivity index (χ4n) is 5.44. The Morgan fingerprint density at radius 3 is 2.93 bits per heavy atom. The van der Waals surface area contributed by atoms with Crippen LogP contribution in [0.4, 0.5) is 0 Å². The summed E-state index contributed by atoms with van der Waals surface area (Å²) in [4.78, 5) is 8.27. The van der Waals surface area contributed by atoms with Gasteiger partial charge in [0.25, 0.3) is 0 Å². The predicted octanol–water partition coefficient (Wildman–Crippen LogP) is 4.81. The zero-order chi connectivity index (χ0) is 19.6. The van der Waals surface area contributed by atoms with Crippen LogP contribution in [-0.4, -0.2) is 20.7 Å². The zero-order valence-electron chi connectivity index (χ0n) is 16.7. The van der Waals surface area contributed by atoms with Crippen LogP contribution < -0.4 is 4.74 Å². The van der Waals surface area contributed by atoms with Crippen LogP contribution in [0.2, 0.25) is 0 Å². The van der Waals surface area contributed by atoms with Gasteiger partial charge in [-0.2, -0.15) is 0 Å². The molecule has 0 amide bonds. The Balaban J connectivity index is 1.66. The fourth-order valence-corrected chi connectivity index (χ4v) is 5.44. The van der Waals surface area contributed by atoms with Gasteiger partial charge in [-0.15, -0.1) is 5.92 Å². The van der Waals surface area contributed by atoms with Crippen molar-refractivity contribution in [1.29, 1.82) is 0 Å². The van der Waals surface area contributed by atoms with E-state index in [1.807, 2.05) is 6.92 Å². The van der Waals surface area contributed by atoms with Gasteiger partial charge in [-0.25, -0.2) is 4.98 Å². The van der Waals surface area contributed by atoms with E-state index in [1.165, 1.54) is 11.1 Å². The summed E-state index contributed by atoms with van der Waals surface area (Å²) >= 11 is 0. The molecule has 146 valence electrons. The Morgan fingerprint density at radius 2 is 2.18 bits per heavy atom. The van der Waals surface area contributed by atoms with Crippen molar-refractivity contribution in [3.8, 4) is 23.5 Å². The van der Waals surface area contributed by atoms with Crippen molar-refractivity contribution in [2.45, 2.75) is 69.8 Å². The molecule has 4 rings (SSSR count). The molecule has 0 unspecified atom stereocenters. The summed E-state index contributed by atoms with van der Waals surface area (Å²) < 4.78 is 5.91. The van der Waals surface area contributed by atoms with Crippen molar-refractivity contribution in [3.63, 3.8) is 0 Å². The van der Waals surface area contributed by atoms with Gasteiger partial charge < -0.3 is 9.84 Å². The lowest BCUT2D eigenvalue weighted by molar-refractivity contribution is -0.0109. The second-order valence-electron chi connectivity index (χ2n) is 8.22. The smallest absolute Gasteiger partial charge is 0.237 e.